The van der Waals surface area contributed by atoms with Gasteiger partial charge in [0.25, 0.3) is 0 Å². The van der Waals surface area contributed by atoms with E-state index in [1.165, 1.54) is 0 Å². The molecule has 0 amide bonds. The van der Waals surface area contributed by atoms with Crippen molar-refractivity contribution in [2.24, 2.45) is 0 Å². The second-order valence-electron chi connectivity index (χ2n) is 1.25. The van der Waals surface area contributed by atoms with Crippen molar-refractivity contribution in [1.29, 1.82) is 0 Å². The molecule has 2 heteroatoms. The summed E-state index contributed by atoms with van der Waals surface area (Å²) in [5.41, 5.74) is 0. The molecule has 0 fully saturated rings. The van der Waals surface area contributed by atoms with Crippen LogP contribution >= 0.6 is 11.6 Å². The van der Waals surface area contributed by atoms with E-state index in [2.05, 4.69) is 0 Å². The summed E-state index contributed by atoms with van der Waals surface area (Å²) in [6.07, 6.45) is 0. The van der Waals surface area contributed by atoms with E-state index in [1.807, 2.05) is 6.92 Å². The number of aliphatic hydroxyl groups is 1. The van der Waals surface area contributed by atoms with Crippen LogP contribution in [0.5, 0.6) is 0 Å². The quantitative estimate of drug-likeness (QED) is 0.518. The fraction of sp³-hybridized carbons (Fsp3) is 0.750. The fourth-order valence-corrected chi connectivity index (χ4v) is 0.127. The van der Waals surface area contributed by atoms with Gasteiger partial charge in [-0.25, -0.2) is 0 Å². The van der Waals surface area contributed by atoms with Gasteiger partial charge in [0.2, 0.25) is 0 Å². The molecule has 0 saturated heterocycles. The fourth-order valence-electron chi connectivity index (χ4n) is 0.0423. The number of halogens is 1. The first kappa shape index (κ1) is 6.25. The molecule has 0 unspecified atom stereocenters. The normalized spacial score (nSPS) is 10.0. The molecule has 0 atom stereocenters. The van der Waals surface area contributed by atoms with Gasteiger partial charge in [-0.15, -0.1) is 11.6 Å². The highest BCUT2D eigenvalue weighted by Crippen LogP contribution is 1.95. The summed E-state index contributed by atoms with van der Waals surface area (Å²) in [5, 5.41) is 8.21. The number of hydrogen-bond donors (Lipinski definition) is 1. The smallest absolute Gasteiger partial charge is 0.0502 e. The van der Waals surface area contributed by atoms with Gasteiger partial charge in [0.15, 0.2) is 0 Å². The lowest BCUT2D eigenvalue weighted by Gasteiger charge is -1.95. The van der Waals surface area contributed by atoms with Gasteiger partial charge < -0.3 is 5.11 Å². The summed E-state index contributed by atoms with van der Waals surface area (Å²) in [7, 11) is 0. The second-order valence-corrected chi connectivity index (χ2v) is 1.52. The van der Waals surface area contributed by atoms with E-state index in [9.17, 15) is 0 Å². The zero-order chi connectivity index (χ0) is 4.99. The Morgan fingerprint density at radius 1 is 1.83 bits per heavy atom. The molecule has 0 spiro atoms. The molecule has 1 N–H and O–H groups in total. The number of alkyl halides is 1. The van der Waals surface area contributed by atoms with Gasteiger partial charge in [-0.3, -0.25) is 0 Å². The summed E-state index contributed by atoms with van der Waals surface area (Å²) in [4.78, 5) is 0. The summed E-state index contributed by atoms with van der Waals surface area (Å²) < 4.78 is 0. The lowest BCUT2D eigenvalue weighted by molar-refractivity contribution is 0.311. The molecule has 0 aromatic rings. The van der Waals surface area contributed by atoms with Gasteiger partial charge in [0.05, 0.1) is 6.61 Å². The van der Waals surface area contributed by atoms with E-state index < -0.39 is 0 Å². The van der Waals surface area contributed by atoms with Crippen molar-refractivity contribution in [1.82, 2.24) is 0 Å². The highest BCUT2D eigenvalue weighted by molar-refractivity contribution is 6.19. The molecular weight excluding hydrogens is 99.5 g/mol. The molecule has 1 radical (unpaired) electrons. The Labute approximate surface area is 42.9 Å². The van der Waals surface area contributed by atoms with Gasteiger partial charge in [0, 0.05) is 11.8 Å². The maximum Gasteiger partial charge on any atom is 0.0502 e. The van der Waals surface area contributed by atoms with Crippen LogP contribution in [0.15, 0.2) is 0 Å². The number of hydrogen-bond acceptors (Lipinski definition) is 1. The van der Waals surface area contributed by atoms with E-state index in [0.717, 1.165) is 5.92 Å². The molecule has 0 bridgehead atoms. The molecular formula is C4H8ClO. The third kappa shape index (κ3) is 2.49. The number of aliphatic hydroxyl groups excluding tert-OH is 1. The lowest BCUT2D eigenvalue weighted by Crippen LogP contribution is -1.97. The SMILES string of the molecule is C[C](CO)CCl. The summed E-state index contributed by atoms with van der Waals surface area (Å²) >= 11 is 5.26. The zero-order valence-electron chi connectivity index (χ0n) is 3.74. The summed E-state index contributed by atoms with van der Waals surface area (Å²) in [5.74, 6) is 1.38. The molecule has 0 saturated carbocycles. The zero-order valence-corrected chi connectivity index (χ0v) is 4.50. The Balaban J connectivity index is 2.75. The Kier molecular flexibility index (Phi) is 3.58. The van der Waals surface area contributed by atoms with Crippen molar-refractivity contribution in [3.8, 4) is 0 Å². The molecule has 37 valence electrons. The first-order chi connectivity index (χ1) is 2.81. The average Bonchev–Trinajstić information content (AvgIpc) is 1.65. The minimum atomic E-state index is 0.115. The molecule has 0 aromatic carbocycles. The van der Waals surface area contributed by atoms with Crippen LogP contribution in [-0.4, -0.2) is 17.6 Å². The van der Waals surface area contributed by atoms with Crippen molar-refractivity contribution in [3.63, 3.8) is 0 Å². The first-order valence-electron chi connectivity index (χ1n) is 1.79. The van der Waals surface area contributed by atoms with Crippen LogP contribution in [0.1, 0.15) is 6.92 Å². The maximum atomic E-state index is 8.21. The Morgan fingerprint density at radius 3 is 2.33 bits per heavy atom. The Hall–Kier alpha value is 0.250. The standard InChI is InChI=1S/C4H8ClO/c1-4(2-5)3-6/h6H,2-3H2,1H3. The van der Waals surface area contributed by atoms with Crippen LogP contribution in [0.2, 0.25) is 0 Å². The molecule has 0 aliphatic rings. The van der Waals surface area contributed by atoms with E-state index in [4.69, 9.17) is 16.7 Å². The molecule has 1 nitrogen and oxygen atoms in total. The van der Waals surface area contributed by atoms with Crippen molar-refractivity contribution < 1.29 is 5.11 Å². The largest absolute Gasteiger partial charge is 0.396 e. The van der Waals surface area contributed by atoms with Gasteiger partial charge >= 0.3 is 0 Å². The van der Waals surface area contributed by atoms with Crippen molar-refractivity contribution in [3.05, 3.63) is 5.92 Å². The van der Waals surface area contributed by atoms with Crippen LogP contribution in [-0.2, 0) is 0 Å². The highest BCUT2D eigenvalue weighted by atomic mass is 35.5. The van der Waals surface area contributed by atoms with Crippen LogP contribution in [0, 0.1) is 5.92 Å². The molecule has 0 aliphatic heterocycles. The minimum Gasteiger partial charge on any atom is -0.396 e. The molecule has 0 heterocycles. The lowest BCUT2D eigenvalue weighted by atomic mass is 10.2. The predicted molar refractivity (Wildman–Crippen MR) is 26.7 cm³/mol. The van der Waals surface area contributed by atoms with Crippen LogP contribution in [0.3, 0.4) is 0 Å². The van der Waals surface area contributed by atoms with E-state index in [-0.39, 0.29) is 6.61 Å². The minimum absolute atomic E-state index is 0.115. The monoisotopic (exact) mass is 107 g/mol. The van der Waals surface area contributed by atoms with E-state index >= 15 is 0 Å². The number of rotatable bonds is 2. The first-order valence-corrected chi connectivity index (χ1v) is 2.33. The van der Waals surface area contributed by atoms with E-state index in [0.29, 0.717) is 5.88 Å². The summed E-state index contributed by atoms with van der Waals surface area (Å²) in [6.45, 7) is 1.93. The third-order valence-corrected chi connectivity index (χ3v) is 0.954. The van der Waals surface area contributed by atoms with Crippen LogP contribution in [0.4, 0.5) is 0 Å². The second kappa shape index (κ2) is 3.44. The van der Waals surface area contributed by atoms with Crippen LogP contribution in [0.25, 0.3) is 0 Å². The van der Waals surface area contributed by atoms with Gasteiger partial charge in [-0.05, 0) is 0 Å². The predicted octanol–water partition coefficient (Wildman–Crippen LogP) is 0.812. The topological polar surface area (TPSA) is 20.2 Å². The molecule has 0 aromatic heterocycles. The molecule has 6 heavy (non-hydrogen) atoms. The van der Waals surface area contributed by atoms with Gasteiger partial charge in [-0.2, -0.15) is 0 Å². The van der Waals surface area contributed by atoms with Gasteiger partial charge in [0.1, 0.15) is 0 Å². The highest BCUT2D eigenvalue weighted by Gasteiger charge is 1.93. The summed E-state index contributed by atoms with van der Waals surface area (Å²) in [6, 6.07) is 0. The van der Waals surface area contributed by atoms with Gasteiger partial charge in [-0.1, -0.05) is 6.92 Å². The van der Waals surface area contributed by atoms with E-state index in [1.54, 1.807) is 0 Å². The molecule has 0 rings (SSSR count). The average molecular weight is 108 g/mol. The third-order valence-electron chi connectivity index (χ3n) is 0.498. The molecule has 0 aliphatic carbocycles. The van der Waals surface area contributed by atoms with Crippen molar-refractivity contribution >= 4 is 11.6 Å². The maximum absolute atomic E-state index is 8.21. The van der Waals surface area contributed by atoms with Crippen molar-refractivity contribution in [2.45, 2.75) is 6.92 Å². The Morgan fingerprint density at radius 2 is 2.33 bits per heavy atom. The van der Waals surface area contributed by atoms with Crippen LogP contribution < -0.4 is 0 Å². The van der Waals surface area contributed by atoms with Crippen molar-refractivity contribution in [2.75, 3.05) is 12.5 Å². The Bertz CT molecular complexity index is 26.7.